The highest BCUT2D eigenvalue weighted by molar-refractivity contribution is 5.62. The fourth-order valence-electron chi connectivity index (χ4n) is 0.854. The second-order valence-corrected chi connectivity index (χ2v) is 2.42. The molecule has 3 nitrogen and oxygen atoms in total. The monoisotopic (exact) mass is 164 g/mol. The molecule has 3 heteroatoms. The van der Waals surface area contributed by atoms with Crippen LogP contribution in [-0.2, 0) is 0 Å². The van der Waals surface area contributed by atoms with E-state index in [1.807, 2.05) is 18.2 Å². The van der Waals surface area contributed by atoms with Crippen LogP contribution in [0, 0.1) is 0 Å². The summed E-state index contributed by atoms with van der Waals surface area (Å²) in [5.74, 6) is 0. The summed E-state index contributed by atoms with van der Waals surface area (Å²) in [4.78, 5) is 3.86. The molecular formula is C9H12N2O. The van der Waals surface area contributed by atoms with Crippen LogP contribution in [-0.4, -0.2) is 16.7 Å². The number of anilines is 1. The molecule has 0 radical (unpaired) electrons. The van der Waals surface area contributed by atoms with Crippen LogP contribution in [0.1, 0.15) is 12.0 Å². The standard InChI is InChI=1S/C9H12N2O/c10-9-7-11-5-4-8(9)3-1-2-6-12/h1,3-5,7,12H,2,6,10H2. The largest absolute Gasteiger partial charge is 0.397 e. The van der Waals surface area contributed by atoms with Crippen molar-refractivity contribution in [1.82, 2.24) is 4.98 Å². The van der Waals surface area contributed by atoms with Crippen LogP contribution in [0.5, 0.6) is 0 Å². The number of nitrogens with two attached hydrogens (primary N) is 1. The molecule has 0 spiro atoms. The number of hydrogen-bond acceptors (Lipinski definition) is 3. The van der Waals surface area contributed by atoms with Gasteiger partial charge in [-0.05, 0) is 12.5 Å². The molecule has 1 rings (SSSR count). The van der Waals surface area contributed by atoms with E-state index in [4.69, 9.17) is 10.8 Å². The summed E-state index contributed by atoms with van der Waals surface area (Å²) in [5.41, 5.74) is 7.23. The third kappa shape index (κ3) is 2.36. The first-order valence-electron chi connectivity index (χ1n) is 3.81. The van der Waals surface area contributed by atoms with Gasteiger partial charge in [0.1, 0.15) is 0 Å². The molecule has 1 aromatic rings. The Morgan fingerprint density at radius 1 is 1.58 bits per heavy atom. The van der Waals surface area contributed by atoms with Crippen molar-refractivity contribution in [1.29, 1.82) is 0 Å². The number of aliphatic hydroxyl groups excluding tert-OH is 1. The summed E-state index contributed by atoms with van der Waals surface area (Å²) in [6.07, 6.45) is 7.72. The molecule has 0 unspecified atom stereocenters. The van der Waals surface area contributed by atoms with E-state index < -0.39 is 0 Å². The van der Waals surface area contributed by atoms with E-state index in [-0.39, 0.29) is 6.61 Å². The maximum Gasteiger partial charge on any atom is 0.0574 e. The van der Waals surface area contributed by atoms with Crippen molar-refractivity contribution in [3.63, 3.8) is 0 Å². The quantitative estimate of drug-likeness (QED) is 0.702. The fourth-order valence-corrected chi connectivity index (χ4v) is 0.854. The lowest BCUT2D eigenvalue weighted by Crippen LogP contribution is -1.89. The number of nitrogens with zero attached hydrogens (tertiary/aromatic N) is 1. The second kappa shape index (κ2) is 4.51. The lowest BCUT2D eigenvalue weighted by molar-refractivity contribution is 0.303. The van der Waals surface area contributed by atoms with Gasteiger partial charge in [0.25, 0.3) is 0 Å². The van der Waals surface area contributed by atoms with Crippen LogP contribution in [0.2, 0.25) is 0 Å². The minimum absolute atomic E-state index is 0.168. The first-order chi connectivity index (χ1) is 5.84. The van der Waals surface area contributed by atoms with Gasteiger partial charge in [-0.25, -0.2) is 0 Å². The fraction of sp³-hybridized carbons (Fsp3) is 0.222. The lowest BCUT2D eigenvalue weighted by atomic mass is 10.2. The Morgan fingerprint density at radius 3 is 3.08 bits per heavy atom. The Balaban J connectivity index is 2.68. The van der Waals surface area contributed by atoms with E-state index >= 15 is 0 Å². The smallest absolute Gasteiger partial charge is 0.0574 e. The predicted octanol–water partition coefficient (Wildman–Crippen LogP) is 1.06. The molecule has 0 amide bonds. The van der Waals surface area contributed by atoms with Gasteiger partial charge in [-0.15, -0.1) is 0 Å². The van der Waals surface area contributed by atoms with Crippen molar-refractivity contribution in [2.24, 2.45) is 0 Å². The summed E-state index contributed by atoms with van der Waals surface area (Å²) < 4.78 is 0. The van der Waals surface area contributed by atoms with E-state index in [0.29, 0.717) is 12.1 Å². The second-order valence-electron chi connectivity index (χ2n) is 2.42. The molecule has 1 heterocycles. The average molecular weight is 164 g/mol. The van der Waals surface area contributed by atoms with Gasteiger partial charge in [0, 0.05) is 18.4 Å². The molecule has 0 aliphatic carbocycles. The summed E-state index contributed by atoms with van der Waals surface area (Å²) in [6, 6.07) is 1.84. The van der Waals surface area contributed by atoms with Crippen molar-refractivity contribution >= 4 is 11.8 Å². The summed E-state index contributed by atoms with van der Waals surface area (Å²) in [5, 5.41) is 8.52. The topological polar surface area (TPSA) is 59.1 Å². The Morgan fingerprint density at radius 2 is 2.42 bits per heavy atom. The number of pyridine rings is 1. The number of rotatable bonds is 3. The summed E-state index contributed by atoms with van der Waals surface area (Å²) in [7, 11) is 0. The van der Waals surface area contributed by atoms with Gasteiger partial charge in [0.15, 0.2) is 0 Å². The van der Waals surface area contributed by atoms with Gasteiger partial charge in [-0.1, -0.05) is 12.2 Å². The third-order valence-corrected chi connectivity index (χ3v) is 1.48. The minimum atomic E-state index is 0.168. The van der Waals surface area contributed by atoms with Gasteiger partial charge in [-0.2, -0.15) is 0 Å². The molecule has 1 aromatic heterocycles. The van der Waals surface area contributed by atoms with E-state index in [0.717, 1.165) is 5.56 Å². The molecule has 3 N–H and O–H groups in total. The molecule has 0 aliphatic rings. The van der Waals surface area contributed by atoms with E-state index in [1.54, 1.807) is 12.4 Å². The molecule has 0 bridgehead atoms. The zero-order chi connectivity index (χ0) is 8.81. The van der Waals surface area contributed by atoms with E-state index in [1.165, 1.54) is 0 Å². The molecular weight excluding hydrogens is 152 g/mol. The molecule has 0 aromatic carbocycles. The van der Waals surface area contributed by atoms with E-state index in [2.05, 4.69) is 4.98 Å². The van der Waals surface area contributed by atoms with Crippen LogP contribution in [0.25, 0.3) is 6.08 Å². The SMILES string of the molecule is Nc1cnccc1C=CCCO. The number of nitrogen functional groups attached to an aromatic ring is 1. The highest BCUT2D eigenvalue weighted by atomic mass is 16.2. The predicted molar refractivity (Wildman–Crippen MR) is 49.4 cm³/mol. The maximum absolute atomic E-state index is 8.52. The van der Waals surface area contributed by atoms with Crippen LogP contribution >= 0.6 is 0 Å². The van der Waals surface area contributed by atoms with E-state index in [9.17, 15) is 0 Å². The van der Waals surface area contributed by atoms with Gasteiger partial charge in [0.05, 0.1) is 11.9 Å². The first-order valence-corrected chi connectivity index (χ1v) is 3.81. The zero-order valence-electron chi connectivity index (χ0n) is 6.77. The van der Waals surface area contributed by atoms with Gasteiger partial charge >= 0.3 is 0 Å². The number of aliphatic hydroxyl groups is 1. The van der Waals surface area contributed by atoms with Gasteiger partial charge < -0.3 is 10.8 Å². The third-order valence-electron chi connectivity index (χ3n) is 1.48. The highest BCUT2D eigenvalue weighted by Gasteiger charge is 1.90. The number of aromatic nitrogens is 1. The zero-order valence-corrected chi connectivity index (χ0v) is 6.77. The number of hydrogen-bond donors (Lipinski definition) is 2. The van der Waals surface area contributed by atoms with Gasteiger partial charge in [-0.3, -0.25) is 4.98 Å². The molecule has 12 heavy (non-hydrogen) atoms. The highest BCUT2D eigenvalue weighted by Crippen LogP contribution is 2.10. The van der Waals surface area contributed by atoms with Crippen molar-refractivity contribution in [2.75, 3.05) is 12.3 Å². The average Bonchev–Trinajstić information content (AvgIpc) is 2.09. The summed E-state index contributed by atoms with van der Waals surface area (Å²) in [6.45, 7) is 0.168. The first kappa shape index (κ1) is 8.74. The molecule has 0 saturated carbocycles. The van der Waals surface area contributed by atoms with Crippen LogP contribution < -0.4 is 5.73 Å². The maximum atomic E-state index is 8.52. The van der Waals surface area contributed by atoms with Crippen LogP contribution in [0.15, 0.2) is 24.5 Å². The van der Waals surface area contributed by atoms with Crippen molar-refractivity contribution < 1.29 is 5.11 Å². The Labute approximate surface area is 71.6 Å². The Kier molecular flexibility index (Phi) is 3.29. The molecule has 0 atom stereocenters. The minimum Gasteiger partial charge on any atom is -0.397 e. The lowest BCUT2D eigenvalue weighted by Gasteiger charge is -1.96. The van der Waals surface area contributed by atoms with Crippen molar-refractivity contribution in [3.8, 4) is 0 Å². The Hall–Kier alpha value is -1.35. The van der Waals surface area contributed by atoms with Crippen molar-refractivity contribution in [3.05, 3.63) is 30.1 Å². The van der Waals surface area contributed by atoms with Gasteiger partial charge in [0.2, 0.25) is 0 Å². The van der Waals surface area contributed by atoms with Crippen molar-refractivity contribution in [2.45, 2.75) is 6.42 Å². The van der Waals surface area contributed by atoms with Crippen LogP contribution in [0.4, 0.5) is 5.69 Å². The summed E-state index contributed by atoms with van der Waals surface area (Å²) >= 11 is 0. The molecule has 0 fully saturated rings. The molecule has 64 valence electrons. The van der Waals surface area contributed by atoms with Crippen LogP contribution in [0.3, 0.4) is 0 Å². The Bertz CT molecular complexity index is 271. The molecule has 0 aliphatic heterocycles. The normalized spacial score (nSPS) is 10.8. The molecule has 0 saturated heterocycles.